The van der Waals surface area contributed by atoms with E-state index >= 15 is 0 Å². The number of aryl methyl sites for hydroxylation is 1. The second-order valence-electron chi connectivity index (χ2n) is 4.01. The van der Waals surface area contributed by atoms with Crippen molar-refractivity contribution in [1.29, 1.82) is 0 Å². The maximum Gasteiger partial charge on any atom is 0.0756 e. The average molecular weight is 196 g/mol. The number of pyridine rings is 1. The minimum atomic E-state index is -0.0106. The molecular weight excluding hydrogens is 184 g/mol. The summed E-state index contributed by atoms with van der Waals surface area (Å²) in [6.07, 6.45) is 1.82. The lowest BCUT2D eigenvalue weighted by Crippen LogP contribution is -2.08. The molecule has 0 aliphatic heterocycles. The molecule has 1 atom stereocenters. The van der Waals surface area contributed by atoms with Crippen LogP contribution in [0, 0.1) is 6.92 Å². The highest BCUT2D eigenvalue weighted by atomic mass is 14.7. The fraction of sp³-hybridized carbons (Fsp3) is 0.154. The number of nitrogens with zero attached hydrogens (tertiary/aromatic N) is 1. The second-order valence-corrected chi connectivity index (χ2v) is 4.01. The molecule has 0 bridgehead atoms. The van der Waals surface area contributed by atoms with Gasteiger partial charge in [-0.15, -0.1) is 0 Å². The summed E-state index contributed by atoms with van der Waals surface area (Å²) in [5.74, 6) is 0. The SMILES string of the molecule is Cc1ccc2c(c1)C(N)c1cccnc1-2. The molecule has 3 rings (SSSR count). The molecule has 0 saturated carbocycles. The molecule has 1 heterocycles. The zero-order valence-electron chi connectivity index (χ0n) is 8.57. The standard InChI is InChI=1S/C13H12N2/c1-8-4-5-9-11(7-8)12(14)10-3-2-6-15-13(9)10/h2-7,12H,14H2,1H3. The third-order valence-corrected chi connectivity index (χ3v) is 2.97. The van der Waals surface area contributed by atoms with Crippen LogP contribution in [-0.2, 0) is 0 Å². The van der Waals surface area contributed by atoms with Crippen LogP contribution in [0.15, 0.2) is 36.5 Å². The van der Waals surface area contributed by atoms with Crippen molar-refractivity contribution in [3.05, 3.63) is 53.2 Å². The van der Waals surface area contributed by atoms with Crippen molar-refractivity contribution in [2.24, 2.45) is 5.73 Å². The Bertz CT molecular complexity index is 532. The van der Waals surface area contributed by atoms with Crippen LogP contribution in [-0.4, -0.2) is 4.98 Å². The molecule has 0 spiro atoms. The Labute approximate surface area is 88.8 Å². The van der Waals surface area contributed by atoms with E-state index in [1.807, 2.05) is 12.3 Å². The zero-order valence-corrected chi connectivity index (χ0v) is 8.57. The molecule has 1 aromatic carbocycles. The summed E-state index contributed by atoms with van der Waals surface area (Å²) in [5.41, 5.74) is 12.0. The van der Waals surface area contributed by atoms with E-state index in [1.54, 1.807) is 0 Å². The summed E-state index contributed by atoms with van der Waals surface area (Å²) in [5, 5.41) is 0. The second kappa shape index (κ2) is 2.91. The van der Waals surface area contributed by atoms with Gasteiger partial charge in [0.1, 0.15) is 0 Å². The van der Waals surface area contributed by atoms with Gasteiger partial charge in [0, 0.05) is 11.8 Å². The van der Waals surface area contributed by atoms with Gasteiger partial charge in [0.25, 0.3) is 0 Å². The predicted molar refractivity (Wildman–Crippen MR) is 60.4 cm³/mol. The molecule has 0 fully saturated rings. The van der Waals surface area contributed by atoms with Crippen molar-refractivity contribution < 1.29 is 0 Å². The Hall–Kier alpha value is -1.67. The summed E-state index contributed by atoms with van der Waals surface area (Å²) < 4.78 is 0. The molecule has 2 N–H and O–H groups in total. The minimum absolute atomic E-state index is 0.0106. The number of hydrogen-bond donors (Lipinski definition) is 1. The Morgan fingerprint density at radius 2 is 2.07 bits per heavy atom. The monoisotopic (exact) mass is 196 g/mol. The van der Waals surface area contributed by atoms with Gasteiger partial charge >= 0.3 is 0 Å². The molecule has 0 amide bonds. The highest BCUT2D eigenvalue weighted by molar-refractivity contribution is 5.75. The first-order valence-corrected chi connectivity index (χ1v) is 5.09. The molecular formula is C13H12N2. The van der Waals surface area contributed by atoms with Crippen LogP contribution in [0.1, 0.15) is 22.7 Å². The van der Waals surface area contributed by atoms with Crippen LogP contribution >= 0.6 is 0 Å². The van der Waals surface area contributed by atoms with E-state index in [9.17, 15) is 0 Å². The molecule has 0 saturated heterocycles. The number of benzene rings is 1. The molecule has 74 valence electrons. The topological polar surface area (TPSA) is 38.9 Å². The average Bonchev–Trinajstić information content (AvgIpc) is 2.54. The summed E-state index contributed by atoms with van der Waals surface area (Å²) in [4.78, 5) is 4.40. The van der Waals surface area contributed by atoms with Crippen LogP contribution < -0.4 is 5.73 Å². The van der Waals surface area contributed by atoms with Crippen molar-refractivity contribution in [2.75, 3.05) is 0 Å². The van der Waals surface area contributed by atoms with E-state index in [0.717, 1.165) is 11.3 Å². The Kier molecular flexibility index (Phi) is 1.67. The first-order valence-electron chi connectivity index (χ1n) is 5.09. The van der Waals surface area contributed by atoms with Crippen molar-refractivity contribution >= 4 is 0 Å². The summed E-state index contributed by atoms with van der Waals surface area (Å²) in [6.45, 7) is 2.09. The normalized spacial score (nSPS) is 17.3. The lowest BCUT2D eigenvalue weighted by molar-refractivity contribution is 0.896. The molecule has 1 unspecified atom stereocenters. The minimum Gasteiger partial charge on any atom is -0.320 e. The van der Waals surface area contributed by atoms with Gasteiger partial charge < -0.3 is 5.73 Å². The fourth-order valence-electron chi connectivity index (χ4n) is 2.22. The van der Waals surface area contributed by atoms with E-state index in [-0.39, 0.29) is 6.04 Å². The van der Waals surface area contributed by atoms with Crippen molar-refractivity contribution in [3.8, 4) is 11.3 Å². The van der Waals surface area contributed by atoms with Crippen LogP contribution in [0.5, 0.6) is 0 Å². The van der Waals surface area contributed by atoms with Gasteiger partial charge in [-0.05, 0) is 24.1 Å². The summed E-state index contributed by atoms with van der Waals surface area (Å²) in [7, 11) is 0. The number of fused-ring (bicyclic) bond motifs is 3. The lowest BCUT2D eigenvalue weighted by atomic mass is 10.0. The lowest BCUT2D eigenvalue weighted by Gasteiger charge is -2.05. The van der Waals surface area contributed by atoms with E-state index in [2.05, 4.69) is 36.2 Å². The van der Waals surface area contributed by atoms with Gasteiger partial charge in [-0.3, -0.25) is 4.98 Å². The smallest absolute Gasteiger partial charge is 0.0756 e. The fourth-order valence-corrected chi connectivity index (χ4v) is 2.22. The van der Waals surface area contributed by atoms with Gasteiger partial charge in [-0.2, -0.15) is 0 Å². The summed E-state index contributed by atoms with van der Waals surface area (Å²) in [6, 6.07) is 10.4. The number of nitrogens with two attached hydrogens (primary N) is 1. The predicted octanol–water partition coefficient (Wildman–Crippen LogP) is 2.42. The number of rotatable bonds is 0. The third kappa shape index (κ3) is 1.12. The highest BCUT2D eigenvalue weighted by Crippen LogP contribution is 2.40. The summed E-state index contributed by atoms with van der Waals surface area (Å²) >= 11 is 0. The maximum atomic E-state index is 6.19. The van der Waals surface area contributed by atoms with E-state index in [4.69, 9.17) is 5.73 Å². The number of aromatic nitrogens is 1. The Balaban J connectivity index is 2.32. The molecule has 2 heteroatoms. The van der Waals surface area contributed by atoms with E-state index in [1.165, 1.54) is 16.7 Å². The molecule has 1 aromatic heterocycles. The highest BCUT2D eigenvalue weighted by Gasteiger charge is 2.26. The van der Waals surface area contributed by atoms with Crippen LogP contribution in [0.3, 0.4) is 0 Å². The number of hydrogen-bond acceptors (Lipinski definition) is 2. The molecule has 0 radical (unpaired) electrons. The van der Waals surface area contributed by atoms with Gasteiger partial charge in [-0.1, -0.05) is 29.8 Å². The van der Waals surface area contributed by atoms with Crippen LogP contribution in [0.25, 0.3) is 11.3 Å². The molecule has 1 aliphatic carbocycles. The molecule has 2 nitrogen and oxygen atoms in total. The van der Waals surface area contributed by atoms with Crippen molar-refractivity contribution in [1.82, 2.24) is 4.98 Å². The first-order chi connectivity index (χ1) is 7.27. The van der Waals surface area contributed by atoms with E-state index in [0.29, 0.717) is 0 Å². The largest absolute Gasteiger partial charge is 0.320 e. The Morgan fingerprint density at radius 1 is 1.20 bits per heavy atom. The maximum absolute atomic E-state index is 6.19. The third-order valence-electron chi connectivity index (χ3n) is 2.97. The molecule has 2 aromatic rings. The quantitative estimate of drug-likeness (QED) is 0.702. The first kappa shape index (κ1) is 8.62. The molecule has 1 aliphatic rings. The van der Waals surface area contributed by atoms with Gasteiger partial charge in [0.15, 0.2) is 0 Å². The molecule has 15 heavy (non-hydrogen) atoms. The van der Waals surface area contributed by atoms with Crippen LogP contribution in [0.2, 0.25) is 0 Å². The van der Waals surface area contributed by atoms with Crippen molar-refractivity contribution in [2.45, 2.75) is 13.0 Å². The van der Waals surface area contributed by atoms with E-state index < -0.39 is 0 Å². The van der Waals surface area contributed by atoms with Crippen molar-refractivity contribution in [3.63, 3.8) is 0 Å². The van der Waals surface area contributed by atoms with Gasteiger partial charge in [0.05, 0.1) is 11.7 Å². The van der Waals surface area contributed by atoms with Crippen LogP contribution in [0.4, 0.5) is 0 Å². The van der Waals surface area contributed by atoms with Gasteiger partial charge in [0.2, 0.25) is 0 Å². The zero-order chi connectivity index (χ0) is 10.4. The Morgan fingerprint density at radius 3 is 2.93 bits per heavy atom. The van der Waals surface area contributed by atoms with Gasteiger partial charge in [-0.25, -0.2) is 0 Å².